The van der Waals surface area contributed by atoms with Gasteiger partial charge in [0.1, 0.15) is 11.5 Å². The van der Waals surface area contributed by atoms with E-state index in [-0.39, 0.29) is 11.5 Å². The van der Waals surface area contributed by atoms with Gasteiger partial charge in [0.25, 0.3) is 0 Å². The number of hydrogen-bond acceptors (Lipinski definition) is 5. The Morgan fingerprint density at radius 1 is 1.15 bits per heavy atom. The van der Waals surface area contributed by atoms with Crippen LogP contribution in [0.15, 0.2) is 42.2 Å². The quantitative estimate of drug-likeness (QED) is 0.421. The van der Waals surface area contributed by atoms with E-state index in [0.29, 0.717) is 45.7 Å². The molecule has 27 heavy (non-hydrogen) atoms. The summed E-state index contributed by atoms with van der Waals surface area (Å²) in [6.07, 6.45) is 2.54. The molecule has 0 spiro atoms. The molecule has 1 fully saturated rings. The number of ether oxygens (including phenoxy) is 3. The average Bonchev–Trinajstić information content (AvgIpc) is 3.27. The lowest BCUT2D eigenvalue weighted by atomic mass is 10.1. The summed E-state index contributed by atoms with van der Waals surface area (Å²) in [5.74, 6) is 0.101. The highest BCUT2D eigenvalue weighted by molar-refractivity contribution is 6.42. The third-order valence-corrected chi connectivity index (χ3v) is 5.03. The molecule has 0 aliphatic carbocycles. The standard InChI is InChI=1S/C20H14Cl2O5/c21-14-6-3-11(8-15(14)22)9-18-19(23)13-5-4-12(10-17(13)27-18)26-20(24)16-2-1-7-25-16/h3-6,8-10,16H,1-2,7H2/b18-9-. The number of carbonyl (C=O) groups is 2. The topological polar surface area (TPSA) is 61.8 Å². The number of halogens is 2. The van der Waals surface area contributed by atoms with Crippen LogP contribution in [0.4, 0.5) is 0 Å². The van der Waals surface area contributed by atoms with Crippen molar-refractivity contribution in [2.75, 3.05) is 6.61 Å². The average molecular weight is 405 g/mol. The van der Waals surface area contributed by atoms with Gasteiger partial charge in [0.2, 0.25) is 5.78 Å². The Labute approximate surface area is 165 Å². The molecule has 2 heterocycles. The van der Waals surface area contributed by atoms with Gasteiger partial charge in [0, 0.05) is 12.7 Å². The van der Waals surface area contributed by atoms with Crippen molar-refractivity contribution in [1.82, 2.24) is 0 Å². The van der Waals surface area contributed by atoms with Crippen molar-refractivity contribution >= 4 is 41.0 Å². The molecular formula is C20H14Cl2O5. The van der Waals surface area contributed by atoms with E-state index in [4.69, 9.17) is 37.4 Å². The molecule has 5 nitrogen and oxygen atoms in total. The molecule has 1 saturated heterocycles. The van der Waals surface area contributed by atoms with Crippen LogP contribution in [0.2, 0.25) is 10.0 Å². The molecule has 0 saturated carbocycles. The smallest absolute Gasteiger partial charge is 0.340 e. The molecule has 1 unspecified atom stereocenters. The zero-order chi connectivity index (χ0) is 19.0. The molecule has 7 heteroatoms. The zero-order valence-corrected chi connectivity index (χ0v) is 15.5. The Balaban J connectivity index is 1.54. The fraction of sp³-hybridized carbons (Fsp3) is 0.200. The van der Waals surface area contributed by atoms with Gasteiger partial charge >= 0.3 is 5.97 Å². The molecule has 0 radical (unpaired) electrons. The van der Waals surface area contributed by atoms with E-state index in [1.807, 2.05) is 0 Å². The van der Waals surface area contributed by atoms with Crippen LogP contribution in [-0.4, -0.2) is 24.5 Å². The van der Waals surface area contributed by atoms with Gasteiger partial charge in [-0.2, -0.15) is 0 Å². The first kappa shape index (κ1) is 18.0. The number of allylic oxidation sites excluding steroid dienone is 1. The predicted octanol–water partition coefficient (Wildman–Crippen LogP) is 4.69. The highest BCUT2D eigenvalue weighted by Crippen LogP contribution is 2.35. The van der Waals surface area contributed by atoms with E-state index in [2.05, 4.69) is 0 Å². The summed E-state index contributed by atoms with van der Waals surface area (Å²) < 4.78 is 16.3. The van der Waals surface area contributed by atoms with Crippen LogP contribution in [0.1, 0.15) is 28.8 Å². The van der Waals surface area contributed by atoms with Gasteiger partial charge in [-0.3, -0.25) is 4.79 Å². The van der Waals surface area contributed by atoms with Crippen LogP contribution in [-0.2, 0) is 9.53 Å². The summed E-state index contributed by atoms with van der Waals surface area (Å²) in [4.78, 5) is 24.6. The molecule has 0 N–H and O–H groups in total. The summed E-state index contributed by atoms with van der Waals surface area (Å²) in [6, 6.07) is 9.68. The van der Waals surface area contributed by atoms with Gasteiger partial charge in [-0.1, -0.05) is 29.3 Å². The first-order chi connectivity index (χ1) is 13.0. The first-order valence-electron chi connectivity index (χ1n) is 8.38. The molecule has 2 aliphatic rings. The van der Waals surface area contributed by atoms with E-state index in [1.165, 1.54) is 6.07 Å². The normalized spacial score (nSPS) is 19.9. The lowest BCUT2D eigenvalue weighted by Gasteiger charge is -2.09. The molecule has 138 valence electrons. The maximum absolute atomic E-state index is 12.5. The Bertz CT molecular complexity index is 961. The monoisotopic (exact) mass is 404 g/mol. The fourth-order valence-corrected chi connectivity index (χ4v) is 3.24. The maximum atomic E-state index is 12.5. The summed E-state index contributed by atoms with van der Waals surface area (Å²) in [6.45, 7) is 0.560. The van der Waals surface area contributed by atoms with E-state index in [9.17, 15) is 9.59 Å². The van der Waals surface area contributed by atoms with Crippen LogP contribution in [0.5, 0.6) is 11.5 Å². The fourth-order valence-electron chi connectivity index (χ4n) is 2.93. The molecular weight excluding hydrogens is 391 g/mol. The van der Waals surface area contributed by atoms with Crippen molar-refractivity contribution in [2.45, 2.75) is 18.9 Å². The molecule has 4 rings (SSSR count). The van der Waals surface area contributed by atoms with Crippen LogP contribution in [0.3, 0.4) is 0 Å². The SMILES string of the molecule is O=C1/C(=C/c2ccc(Cl)c(Cl)c2)Oc2cc(OC(=O)C3CCCO3)ccc21. The Morgan fingerprint density at radius 3 is 2.74 bits per heavy atom. The minimum atomic E-state index is -0.536. The number of esters is 1. The summed E-state index contributed by atoms with van der Waals surface area (Å²) in [5, 5.41) is 0.816. The molecule has 2 aromatic carbocycles. The van der Waals surface area contributed by atoms with E-state index >= 15 is 0 Å². The minimum absolute atomic E-state index is 0.158. The van der Waals surface area contributed by atoms with E-state index < -0.39 is 12.1 Å². The second-order valence-corrected chi connectivity index (χ2v) is 7.01. The molecule has 0 bridgehead atoms. The van der Waals surface area contributed by atoms with Crippen molar-refractivity contribution in [1.29, 1.82) is 0 Å². The largest absolute Gasteiger partial charge is 0.452 e. The van der Waals surface area contributed by atoms with E-state index in [1.54, 1.807) is 36.4 Å². The van der Waals surface area contributed by atoms with Crippen molar-refractivity contribution in [3.63, 3.8) is 0 Å². The predicted molar refractivity (Wildman–Crippen MR) is 100 cm³/mol. The highest BCUT2D eigenvalue weighted by atomic mass is 35.5. The summed E-state index contributed by atoms with van der Waals surface area (Å²) >= 11 is 11.9. The van der Waals surface area contributed by atoms with Crippen molar-refractivity contribution in [3.8, 4) is 11.5 Å². The minimum Gasteiger partial charge on any atom is -0.452 e. The van der Waals surface area contributed by atoms with Gasteiger partial charge in [-0.05, 0) is 48.7 Å². The molecule has 0 aromatic heterocycles. The summed E-state index contributed by atoms with van der Waals surface area (Å²) in [5.41, 5.74) is 1.09. The number of carbonyl (C=O) groups excluding carboxylic acids is 2. The molecule has 0 amide bonds. The Morgan fingerprint density at radius 2 is 2.00 bits per heavy atom. The molecule has 2 aromatic rings. The highest BCUT2D eigenvalue weighted by Gasteiger charge is 2.29. The molecule has 2 aliphatic heterocycles. The van der Waals surface area contributed by atoms with Gasteiger partial charge in [-0.25, -0.2) is 4.79 Å². The lowest BCUT2D eigenvalue weighted by Crippen LogP contribution is -2.24. The van der Waals surface area contributed by atoms with Crippen LogP contribution in [0.25, 0.3) is 6.08 Å². The summed E-state index contributed by atoms with van der Waals surface area (Å²) in [7, 11) is 0. The van der Waals surface area contributed by atoms with Gasteiger partial charge in [0.05, 0.1) is 15.6 Å². The Hall–Kier alpha value is -2.34. The number of fused-ring (bicyclic) bond motifs is 1. The Kier molecular flexibility index (Phi) is 4.91. The van der Waals surface area contributed by atoms with Crippen molar-refractivity contribution in [2.24, 2.45) is 0 Å². The van der Waals surface area contributed by atoms with Crippen LogP contribution >= 0.6 is 23.2 Å². The van der Waals surface area contributed by atoms with Gasteiger partial charge < -0.3 is 14.2 Å². The number of Topliss-reactive ketones (excluding diaryl/α,β-unsaturated/α-hetero) is 1. The first-order valence-corrected chi connectivity index (χ1v) is 9.13. The van der Waals surface area contributed by atoms with Crippen LogP contribution < -0.4 is 9.47 Å². The lowest BCUT2D eigenvalue weighted by molar-refractivity contribution is -0.144. The van der Waals surface area contributed by atoms with Crippen molar-refractivity contribution < 1.29 is 23.8 Å². The number of hydrogen-bond donors (Lipinski definition) is 0. The number of ketones is 1. The van der Waals surface area contributed by atoms with Gasteiger partial charge in [-0.15, -0.1) is 0 Å². The zero-order valence-electron chi connectivity index (χ0n) is 14.0. The molecule has 1 atom stereocenters. The second kappa shape index (κ2) is 7.35. The number of benzene rings is 2. The van der Waals surface area contributed by atoms with E-state index in [0.717, 1.165) is 6.42 Å². The van der Waals surface area contributed by atoms with Gasteiger partial charge in [0.15, 0.2) is 11.9 Å². The van der Waals surface area contributed by atoms with Crippen LogP contribution in [0, 0.1) is 0 Å². The number of rotatable bonds is 3. The second-order valence-electron chi connectivity index (χ2n) is 6.19. The van der Waals surface area contributed by atoms with Crippen molar-refractivity contribution in [3.05, 3.63) is 63.3 Å². The third kappa shape index (κ3) is 3.72. The maximum Gasteiger partial charge on any atom is 0.340 e. The third-order valence-electron chi connectivity index (χ3n) is 4.29.